The summed E-state index contributed by atoms with van der Waals surface area (Å²) in [6, 6.07) is 3.49. The molecular formula is C21H26FN5OS. The fraction of sp³-hybridized carbons (Fsp3) is 0.571. The van der Waals surface area contributed by atoms with Gasteiger partial charge in [0, 0.05) is 36.8 Å². The number of hydrogen-bond acceptors (Lipinski definition) is 7. The fourth-order valence-electron chi connectivity index (χ4n) is 4.64. The van der Waals surface area contributed by atoms with Crippen LogP contribution in [-0.4, -0.2) is 66.7 Å². The van der Waals surface area contributed by atoms with Crippen LogP contribution in [0.2, 0.25) is 0 Å². The van der Waals surface area contributed by atoms with E-state index in [9.17, 15) is 0 Å². The number of anilines is 2. The number of rotatable bonds is 4. The molecular weight excluding hydrogens is 389 g/mol. The molecule has 29 heavy (non-hydrogen) atoms. The van der Waals surface area contributed by atoms with Crippen LogP contribution in [0.15, 0.2) is 23.5 Å². The van der Waals surface area contributed by atoms with Crippen LogP contribution in [0.3, 0.4) is 0 Å². The molecule has 0 N–H and O–H groups in total. The second kappa shape index (κ2) is 8.44. The Bertz CT molecular complexity index is 896. The predicted molar refractivity (Wildman–Crippen MR) is 117 cm³/mol. The maximum Gasteiger partial charge on any atom is 0.147 e. The van der Waals surface area contributed by atoms with Crippen molar-refractivity contribution in [1.29, 1.82) is 0 Å². The van der Waals surface area contributed by atoms with Crippen molar-refractivity contribution in [3.63, 3.8) is 0 Å². The molecule has 2 aromatic rings. The van der Waals surface area contributed by atoms with Gasteiger partial charge in [0.05, 0.1) is 36.5 Å². The third-order valence-electron chi connectivity index (χ3n) is 6.09. The molecule has 0 bridgehead atoms. The number of fused-ring (bicyclic) bond motifs is 1. The maximum atomic E-state index is 15.0. The molecule has 4 heterocycles. The lowest BCUT2D eigenvalue weighted by atomic mass is 9.93. The van der Waals surface area contributed by atoms with E-state index in [4.69, 9.17) is 4.74 Å². The van der Waals surface area contributed by atoms with E-state index >= 15 is 4.39 Å². The number of aromatic nitrogens is 2. The second-order valence-corrected chi connectivity index (χ2v) is 9.19. The summed E-state index contributed by atoms with van der Waals surface area (Å²) < 4.78 is 20.4. The summed E-state index contributed by atoms with van der Waals surface area (Å²) in [6.07, 6.45) is 5.18. The molecule has 3 aliphatic rings. The van der Waals surface area contributed by atoms with Crippen LogP contribution in [0.5, 0.6) is 0 Å². The van der Waals surface area contributed by atoms with Gasteiger partial charge in [0.25, 0.3) is 0 Å². The molecule has 0 amide bonds. The maximum absolute atomic E-state index is 15.0. The van der Waals surface area contributed by atoms with Crippen molar-refractivity contribution in [1.82, 2.24) is 9.97 Å². The number of halogens is 1. The number of ether oxygens (including phenoxy) is 1. The van der Waals surface area contributed by atoms with Crippen LogP contribution >= 0.6 is 11.8 Å². The lowest BCUT2D eigenvalue weighted by Crippen LogP contribution is -2.37. The van der Waals surface area contributed by atoms with Gasteiger partial charge in [-0.05, 0) is 37.3 Å². The highest BCUT2D eigenvalue weighted by molar-refractivity contribution is 8.12. The topological polar surface area (TPSA) is 53.9 Å². The van der Waals surface area contributed by atoms with Gasteiger partial charge >= 0.3 is 0 Å². The molecule has 2 fully saturated rings. The first kappa shape index (κ1) is 19.1. The van der Waals surface area contributed by atoms with Gasteiger partial charge < -0.3 is 14.5 Å². The zero-order valence-corrected chi connectivity index (χ0v) is 17.3. The Hall–Kier alpha value is -1.93. The van der Waals surface area contributed by atoms with Gasteiger partial charge in [-0.15, -0.1) is 11.8 Å². The second-order valence-electron chi connectivity index (χ2n) is 8.04. The first-order chi connectivity index (χ1) is 14.3. The van der Waals surface area contributed by atoms with Crippen LogP contribution in [-0.2, 0) is 4.74 Å². The van der Waals surface area contributed by atoms with Crippen molar-refractivity contribution in [3.8, 4) is 0 Å². The molecule has 154 valence electrons. The Morgan fingerprint density at radius 3 is 2.86 bits per heavy atom. The molecule has 5 rings (SSSR count). The van der Waals surface area contributed by atoms with Crippen molar-refractivity contribution in [2.45, 2.75) is 24.5 Å². The van der Waals surface area contributed by atoms with E-state index in [2.05, 4.69) is 19.9 Å². The highest BCUT2D eigenvalue weighted by Gasteiger charge is 2.26. The zero-order chi connectivity index (χ0) is 19.6. The third-order valence-corrected chi connectivity index (χ3v) is 7.08. The minimum atomic E-state index is -0.205. The van der Waals surface area contributed by atoms with Gasteiger partial charge in [-0.2, -0.15) is 0 Å². The quantitative estimate of drug-likeness (QED) is 0.763. The average molecular weight is 416 g/mol. The SMILES string of the molecule is Fc1cc2c(N3CCCC(CC4CN=CS4)C3)ncnc2cc1N1CCOCC1. The van der Waals surface area contributed by atoms with Crippen LogP contribution < -0.4 is 9.80 Å². The Kier molecular flexibility index (Phi) is 5.54. The molecule has 8 heteroatoms. The van der Waals surface area contributed by atoms with Crippen LogP contribution in [0.25, 0.3) is 10.9 Å². The number of hydrogen-bond donors (Lipinski definition) is 0. The normalized spacial score (nSPS) is 25.1. The molecule has 2 atom stereocenters. The molecule has 1 aromatic carbocycles. The molecule has 6 nitrogen and oxygen atoms in total. The van der Waals surface area contributed by atoms with Gasteiger partial charge in [0.15, 0.2) is 0 Å². The number of thioether (sulfide) groups is 1. The summed E-state index contributed by atoms with van der Waals surface area (Å²) in [5.41, 5.74) is 3.40. The van der Waals surface area contributed by atoms with E-state index in [0.29, 0.717) is 43.2 Å². The number of morpholine rings is 1. The van der Waals surface area contributed by atoms with Crippen LogP contribution in [0.1, 0.15) is 19.3 Å². The van der Waals surface area contributed by atoms with Crippen LogP contribution in [0, 0.1) is 11.7 Å². The summed E-state index contributed by atoms with van der Waals surface area (Å²) >= 11 is 1.85. The molecule has 0 aliphatic carbocycles. The van der Waals surface area contributed by atoms with Gasteiger partial charge in [0.1, 0.15) is 18.0 Å². The van der Waals surface area contributed by atoms with E-state index < -0.39 is 0 Å². The highest BCUT2D eigenvalue weighted by Crippen LogP contribution is 2.34. The van der Waals surface area contributed by atoms with Crippen LogP contribution in [0.4, 0.5) is 15.9 Å². The largest absolute Gasteiger partial charge is 0.378 e. The summed E-state index contributed by atoms with van der Waals surface area (Å²) in [4.78, 5) is 17.7. The first-order valence-electron chi connectivity index (χ1n) is 10.4. The van der Waals surface area contributed by atoms with Crippen molar-refractivity contribution >= 4 is 39.7 Å². The standard InChI is InChI=1S/C21H26FN5OS/c22-18-9-17-19(10-20(18)26-4-6-28-7-5-26)24-13-25-21(17)27-3-1-2-15(12-27)8-16-11-23-14-29-16/h9-10,13-16H,1-8,11-12H2. The van der Waals surface area contributed by atoms with E-state index in [-0.39, 0.29) is 5.82 Å². The molecule has 0 saturated carbocycles. The third kappa shape index (κ3) is 4.05. The van der Waals surface area contributed by atoms with E-state index in [1.807, 2.05) is 28.3 Å². The molecule has 3 aliphatic heterocycles. The monoisotopic (exact) mass is 415 g/mol. The fourth-order valence-corrected chi connectivity index (χ4v) is 5.53. The Balaban J connectivity index is 1.40. The molecule has 2 saturated heterocycles. The molecule has 0 spiro atoms. The van der Waals surface area contributed by atoms with Crippen molar-refractivity contribution in [3.05, 3.63) is 24.3 Å². The Labute approximate surface area is 174 Å². The molecule has 0 radical (unpaired) electrons. The lowest BCUT2D eigenvalue weighted by molar-refractivity contribution is 0.122. The smallest absolute Gasteiger partial charge is 0.147 e. The van der Waals surface area contributed by atoms with E-state index in [1.54, 1.807) is 12.4 Å². The Morgan fingerprint density at radius 1 is 1.14 bits per heavy atom. The number of aliphatic imine (C=N–C) groups is 1. The highest BCUT2D eigenvalue weighted by atomic mass is 32.2. The van der Waals surface area contributed by atoms with E-state index in [0.717, 1.165) is 42.8 Å². The summed E-state index contributed by atoms with van der Waals surface area (Å²) in [6.45, 7) is 5.54. The molecule has 1 aromatic heterocycles. The zero-order valence-electron chi connectivity index (χ0n) is 16.5. The van der Waals surface area contributed by atoms with Crippen molar-refractivity contribution in [2.24, 2.45) is 10.9 Å². The summed E-state index contributed by atoms with van der Waals surface area (Å²) in [7, 11) is 0. The predicted octanol–water partition coefficient (Wildman–Crippen LogP) is 3.36. The van der Waals surface area contributed by atoms with Gasteiger partial charge in [-0.3, -0.25) is 4.99 Å². The summed E-state index contributed by atoms with van der Waals surface area (Å²) in [5.74, 6) is 1.29. The van der Waals surface area contributed by atoms with Crippen molar-refractivity contribution < 1.29 is 9.13 Å². The van der Waals surface area contributed by atoms with Crippen molar-refractivity contribution in [2.75, 3.05) is 55.7 Å². The first-order valence-corrected chi connectivity index (χ1v) is 11.4. The number of nitrogens with zero attached hydrogens (tertiary/aromatic N) is 5. The lowest BCUT2D eigenvalue weighted by Gasteiger charge is -2.35. The minimum Gasteiger partial charge on any atom is -0.378 e. The number of piperidine rings is 1. The average Bonchev–Trinajstić information content (AvgIpc) is 3.27. The molecule has 2 unspecified atom stereocenters. The summed E-state index contributed by atoms with van der Waals surface area (Å²) in [5, 5.41) is 1.41. The minimum absolute atomic E-state index is 0.205. The van der Waals surface area contributed by atoms with Gasteiger partial charge in [-0.1, -0.05) is 0 Å². The van der Waals surface area contributed by atoms with Gasteiger partial charge in [0.2, 0.25) is 0 Å². The Morgan fingerprint density at radius 2 is 2.03 bits per heavy atom. The van der Waals surface area contributed by atoms with E-state index in [1.165, 1.54) is 12.8 Å². The number of benzene rings is 1. The van der Waals surface area contributed by atoms with Gasteiger partial charge in [-0.25, -0.2) is 14.4 Å².